The van der Waals surface area contributed by atoms with Gasteiger partial charge in [0.25, 0.3) is 5.69 Å². The van der Waals surface area contributed by atoms with Crippen molar-refractivity contribution in [2.45, 2.75) is 13.2 Å². The summed E-state index contributed by atoms with van der Waals surface area (Å²) in [5.41, 5.74) is 2.58. The van der Waals surface area contributed by atoms with Gasteiger partial charge >= 0.3 is 0 Å². The molecular formula is C10H9NO3. The zero-order chi connectivity index (χ0) is 10.1. The quantitative estimate of drug-likeness (QED) is 0.532. The lowest BCUT2D eigenvalue weighted by Crippen LogP contribution is -1.94. The molecule has 1 aliphatic heterocycles. The standard InChI is InChI=1S/C10H9NO3/c1-2-7-3-8-5-14-6-9(8)4-10(7)11(12)13/h2-4H,1,5-6H2. The van der Waals surface area contributed by atoms with Crippen molar-refractivity contribution in [3.8, 4) is 0 Å². The van der Waals surface area contributed by atoms with Gasteiger partial charge < -0.3 is 4.74 Å². The van der Waals surface area contributed by atoms with Crippen molar-refractivity contribution in [2.24, 2.45) is 0 Å². The van der Waals surface area contributed by atoms with E-state index in [9.17, 15) is 10.1 Å². The molecule has 2 rings (SSSR count). The first-order chi connectivity index (χ1) is 6.72. The van der Waals surface area contributed by atoms with E-state index < -0.39 is 4.92 Å². The first-order valence-electron chi connectivity index (χ1n) is 4.22. The van der Waals surface area contributed by atoms with Crippen LogP contribution in [0.3, 0.4) is 0 Å². The van der Waals surface area contributed by atoms with Crippen LogP contribution in [0.4, 0.5) is 5.69 Å². The number of hydrogen-bond acceptors (Lipinski definition) is 3. The van der Waals surface area contributed by atoms with Gasteiger partial charge in [0.2, 0.25) is 0 Å². The van der Waals surface area contributed by atoms with Gasteiger partial charge in [-0.05, 0) is 17.2 Å². The maximum absolute atomic E-state index is 10.7. The van der Waals surface area contributed by atoms with Crippen LogP contribution in [0.25, 0.3) is 6.08 Å². The minimum Gasteiger partial charge on any atom is -0.372 e. The van der Waals surface area contributed by atoms with Gasteiger partial charge in [-0.3, -0.25) is 10.1 Å². The van der Waals surface area contributed by atoms with Gasteiger partial charge in [-0.15, -0.1) is 0 Å². The van der Waals surface area contributed by atoms with E-state index in [0.29, 0.717) is 18.8 Å². The first kappa shape index (κ1) is 8.90. The number of nitro benzene ring substituents is 1. The third-order valence-electron chi connectivity index (χ3n) is 2.28. The van der Waals surface area contributed by atoms with Gasteiger partial charge in [-0.2, -0.15) is 0 Å². The van der Waals surface area contributed by atoms with Crippen molar-refractivity contribution in [3.05, 3.63) is 45.5 Å². The average molecular weight is 191 g/mol. The van der Waals surface area contributed by atoms with E-state index in [1.165, 1.54) is 6.08 Å². The lowest BCUT2D eigenvalue weighted by atomic mass is 10.0. The Morgan fingerprint density at radius 1 is 1.43 bits per heavy atom. The van der Waals surface area contributed by atoms with Gasteiger partial charge in [0.15, 0.2) is 0 Å². The van der Waals surface area contributed by atoms with Crippen molar-refractivity contribution < 1.29 is 9.66 Å². The highest BCUT2D eigenvalue weighted by atomic mass is 16.6. The fourth-order valence-electron chi connectivity index (χ4n) is 1.56. The average Bonchev–Trinajstić information content (AvgIpc) is 2.62. The van der Waals surface area contributed by atoms with Crippen molar-refractivity contribution in [1.82, 2.24) is 0 Å². The summed E-state index contributed by atoms with van der Waals surface area (Å²) in [6.07, 6.45) is 1.50. The highest BCUT2D eigenvalue weighted by molar-refractivity contribution is 5.62. The molecule has 1 aromatic rings. The molecule has 72 valence electrons. The molecule has 0 aliphatic carbocycles. The Bertz CT molecular complexity index is 412. The number of rotatable bonds is 2. The van der Waals surface area contributed by atoms with Crippen LogP contribution in [0, 0.1) is 10.1 Å². The maximum atomic E-state index is 10.7. The molecular weight excluding hydrogens is 182 g/mol. The molecule has 0 spiro atoms. The Hall–Kier alpha value is -1.68. The summed E-state index contributed by atoms with van der Waals surface area (Å²) in [5, 5.41) is 10.7. The van der Waals surface area contributed by atoms with Crippen molar-refractivity contribution >= 4 is 11.8 Å². The maximum Gasteiger partial charge on any atom is 0.276 e. The molecule has 0 N–H and O–H groups in total. The molecule has 0 saturated heterocycles. The molecule has 4 nitrogen and oxygen atoms in total. The van der Waals surface area contributed by atoms with E-state index in [0.717, 1.165) is 11.1 Å². The highest BCUT2D eigenvalue weighted by Gasteiger charge is 2.19. The van der Waals surface area contributed by atoms with Gasteiger partial charge in [-0.25, -0.2) is 0 Å². The summed E-state index contributed by atoms with van der Waals surface area (Å²) >= 11 is 0. The van der Waals surface area contributed by atoms with E-state index in [-0.39, 0.29) is 5.69 Å². The van der Waals surface area contributed by atoms with E-state index in [4.69, 9.17) is 4.74 Å². The predicted molar refractivity (Wildman–Crippen MR) is 51.7 cm³/mol. The molecule has 0 saturated carbocycles. The Morgan fingerprint density at radius 2 is 2.07 bits per heavy atom. The second-order valence-corrected chi connectivity index (χ2v) is 3.13. The van der Waals surface area contributed by atoms with Crippen LogP contribution in [-0.4, -0.2) is 4.92 Å². The van der Waals surface area contributed by atoms with Crippen molar-refractivity contribution in [3.63, 3.8) is 0 Å². The number of fused-ring (bicyclic) bond motifs is 1. The van der Waals surface area contributed by atoms with Crippen LogP contribution in [0.5, 0.6) is 0 Å². The molecule has 0 radical (unpaired) electrons. The molecule has 0 aromatic heterocycles. The molecule has 1 heterocycles. The fourth-order valence-corrected chi connectivity index (χ4v) is 1.56. The number of nitrogens with zero attached hydrogens (tertiary/aromatic N) is 1. The Balaban J connectivity index is 2.59. The smallest absolute Gasteiger partial charge is 0.276 e. The number of benzene rings is 1. The van der Waals surface area contributed by atoms with Crippen LogP contribution in [-0.2, 0) is 18.0 Å². The monoisotopic (exact) mass is 191 g/mol. The lowest BCUT2D eigenvalue weighted by Gasteiger charge is -2.00. The Morgan fingerprint density at radius 3 is 2.64 bits per heavy atom. The molecule has 0 bridgehead atoms. The van der Waals surface area contributed by atoms with E-state index in [2.05, 4.69) is 6.58 Å². The van der Waals surface area contributed by atoms with Crippen molar-refractivity contribution in [2.75, 3.05) is 0 Å². The number of hydrogen-bond donors (Lipinski definition) is 0. The van der Waals surface area contributed by atoms with E-state index >= 15 is 0 Å². The van der Waals surface area contributed by atoms with Gasteiger partial charge in [-0.1, -0.05) is 12.7 Å². The zero-order valence-corrected chi connectivity index (χ0v) is 7.53. The molecule has 0 fully saturated rings. The normalized spacial score (nSPS) is 13.7. The Kier molecular flexibility index (Phi) is 2.05. The van der Waals surface area contributed by atoms with Crippen LogP contribution in [0.1, 0.15) is 16.7 Å². The SMILES string of the molecule is C=Cc1cc2c(cc1[N+](=O)[O-])COC2. The van der Waals surface area contributed by atoms with Crippen LogP contribution >= 0.6 is 0 Å². The van der Waals surface area contributed by atoms with Crippen LogP contribution in [0.2, 0.25) is 0 Å². The summed E-state index contributed by atoms with van der Waals surface area (Å²) in [5.74, 6) is 0. The third-order valence-corrected chi connectivity index (χ3v) is 2.28. The lowest BCUT2D eigenvalue weighted by molar-refractivity contribution is -0.385. The molecule has 0 atom stereocenters. The highest BCUT2D eigenvalue weighted by Crippen LogP contribution is 2.29. The molecule has 0 amide bonds. The minimum absolute atomic E-state index is 0.101. The zero-order valence-electron chi connectivity index (χ0n) is 7.53. The van der Waals surface area contributed by atoms with E-state index in [1.54, 1.807) is 12.1 Å². The first-order valence-corrected chi connectivity index (χ1v) is 4.22. The fraction of sp³-hybridized carbons (Fsp3) is 0.200. The van der Waals surface area contributed by atoms with Crippen molar-refractivity contribution in [1.29, 1.82) is 0 Å². The van der Waals surface area contributed by atoms with E-state index in [1.807, 2.05) is 0 Å². The molecule has 4 heteroatoms. The summed E-state index contributed by atoms with van der Waals surface area (Å²) < 4.78 is 5.19. The van der Waals surface area contributed by atoms with Crippen LogP contribution < -0.4 is 0 Å². The molecule has 1 aliphatic rings. The second kappa shape index (κ2) is 3.23. The molecule has 1 aromatic carbocycles. The molecule has 14 heavy (non-hydrogen) atoms. The topological polar surface area (TPSA) is 52.4 Å². The van der Waals surface area contributed by atoms with Gasteiger partial charge in [0, 0.05) is 6.07 Å². The Labute approximate surface area is 81.0 Å². The summed E-state index contributed by atoms with van der Waals surface area (Å²) in [7, 11) is 0. The largest absolute Gasteiger partial charge is 0.372 e. The summed E-state index contributed by atoms with van der Waals surface area (Å²) in [6, 6.07) is 3.34. The van der Waals surface area contributed by atoms with Gasteiger partial charge in [0.1, 0.15) is 0 Å². The second-order valence-electron chi connectivity index (χ2n) is 3.13. The third kappa shape index (κ3) is 1.29. The molecule has 0 unspecified atom stereocenters. The van der Waals surface area contributed by atoms with Crippen LogP contribution in [0.15, 0.2) is 18.7 Å². The number of nitro groups is 1. The summed E-state index contributed by atoms with van der Waals surface area (Å²) in [4.78, 5) is 10.3. The summed E-state index contributed by atoms with van der Waals surface area (Å²) in [6.45, 7) is 4.56. The minimum atomic E-state index is -0.393. The van der Waals surface area contributed by atoms with Gasteiger partial charge in [0.05, 0.1) is 23.7 Å². The number of ether oxygens (including phenoxy) is 1. The predicted octanol–water partition coefficient (Wildman–Crippen LogP) is 2.27.